The molecule has 4 aromatic rings. The quantitative estimate of drug-likeness (QED) is 0.337. The number of furan rings is 1. The van der Waals surface area contributed by atoms with Crippen molar-refractivity contribution in [2.75, 3.05) is 4.90 Å². The molecule has 1 atom stereocenters. The molecule has 0 bridgehead atoms. The lowest BCUT2D eigenvalue weighted by molar-refractivity contribution is -0.127. The average Bonchev–Trinajstić information content (AvgIpc) is 3.49. The van der Waals surface area contributed by atoms with Gasteiger partial charge in [0.1, 0.15) is 17.3 Å². The molecule has 0 spiro atoms. The van der Waals surface area contributed by atoms with E-state index < -0.39 is 17.8 Å². The number of hydrogen-bond donors (Lipinski definition) is 2. The lowest BCUT2D eigenvalue weighted by Gasteiger charge is -2.32. The molecule has 0 unspecified atom stereocenters. The highest BCUT2D eigenvalue weighted by Gasteiger charge is 2.37. The van der Waals surface area contributed by atoms with Gasteiger partial charge < -0.3 is 14.7 Å². The molecule has 0 aliphatic heterocycles. The topological polar surface area (TPSA) is 78.3 Å². The van der Waals surface area contributed by atoms with Crippen LogP contribution in [0.1, 0.15) is 55.2 Å². The molecule has 0 radical (unpaired) electrons. The highest BCUT2D eigenvalue weighted by molar-refractivity contribution is 6.03. The number of benzene rings is 2. The fourth-order valence-corrected chi connectivity index (χ4v) is 5.09. The van der Waals surface area contributed by atoms with E-state index in [-0.39, 0.29) is 24.1 Å². The second-order valence-electron chi connectivity index (χ2n) is 9.45. The van der Waals surface area contributed by atoms with Gasteiger partial charge in [0.05, 0.1) is 12.1 Å². The third-order valence-electron chi connectivity index (χ3n) is 6.89. The van der Waals surface area contributed by atoms with E-state index in [1.165, 1.54) is 17.0 Å². The molecular weight excluding hydrogens is 457 g/mol. The summed E-state index contributed by atoms with van der Waals surface area (Å²) in [6, 6.07) is 16.1. The van der Waals surface area contributed by atoms with Crippen LogP contribution in [0.15, 0.2) is 71.3 Å². The molecule has 2 amide bonds. The van der Waals surface area contributed by atoms with E-state index >= 15 is 4.39 Å². The number of carbonyl (C=O) groups is 2. The molecule has 6 nitrogen and oxygen atoms in total. The van der Waals surface area contributed by atoms with Crippen molar-refractivity contribution in [2.24, 2.45) is 0 Å². The second kappa shape index (κ2) is 10.4. The molecule has 2 aromatic carbocycles. The number of rotatable bonds is 7. The normalized spacial score (nSPS) is 15.1. The van der Waals surface area contributed by atoms with Crippen LogP contribution in [0.25, 0.3) is 10.9 Å². The third-order valence-corrected chi connectivity index (χ3v) is 6.89. The van der Waals surface area contributed by atoms with Crippen molar-refractivity contribution in [3.8, 4) is 0 Å². The first kappa shape index (κ1) is 23.9. The van der Waals surface area contributed by atoms with Crippen molar-refractivity contribution in [2.45, 2.75) is 57.5 Å². The molecular formula is C29H30FN3O3. The fourth-order valence-electron chi connectivity index (χ4n) is 5.09. The van der Waals surface area contributed by atoms with Gasteiger partial charge in [-0.05, 0) is 55.7 Å². The summed E-state index contributed by atoms with van der Waals surface area (Å²) < 4.78 is 21.0. The maximum Gasteiger partial charge on any atom is 0.251 e. The monoisotopic (exact) mass is 487 g/mol. The Morgan fingerprint density at radius 3 is 2.56 bits per heavy atom. The number of hydrogen-bond acceptors (Lipinski definition) is 3. The first-order chi connectivity index (χ1) is 17.5. The minimum Gasteiger partial charge on any atom is -0.464 e. The summed E-state index contributed by atoms with van der Waals surface area (Å²) in [5, 5.41) is 4.03. The Morgan fingerprint density at radius 1 is 1.06 bits per heavy atom. The van der Waals surface area contributed by atoms with Gasteiger partial charge in [0, 0.05) is 23.1 Å². The second-order valence-corrected chi connectivity index (χ2v) is 9.45. The zero-order valence-electron chi connectivity index (χ0n) is 20.3. The zero-order chi connectivity index (χ0) is 25.1. The number of halogens is 1. The number of carbonyl (C=O) groups excluding carboxylic acids is 2. The summed E-state index contributed by atoms with van der Waals surface area (Å²) >= 11 is 0. The van der Waals surface area contributed by atoms with E-state index in [9.17, 15) is 9.59 Å². The van der Waals surface area contributed by atoms with Crippen molar-refractivity contribution >= 4 is 28.4 Å². The summed E-state index contributed by atoms with van der Waals surface area (Å²) in [7, 11) is 0. The third kappa shape index (κ3) is 4.91. The number of fused-ring (bicyclic) bond motifs is 1. The maximum atomic E-state index is 15.2. The van der Waals surface area contributed by atoms with Crippen molar-refractivity contribution < 1.29 is 18.4 Å². The zero-order valence-corrected chi connectivity index (χ0v) is 20.3. The number of nitrogens with zero attached hydrogens (tertiary/aromatic N) is 1. The SMILES string of the molecule is Cc1ccc([C@H](C(=O)NC2CCCCC2)N(C(=O)Cc2c[nH]c3ccccc23)c2ccccc2F)o1. The summed E-state index contributed by atoms with van der Waals surface area (Å²) in [6.07, 6.45) is 6.80. The number of H-pyrrole nitrogens is 1. The summed E-state index contributed by atoms with van der Waals surface area (Å²) in [4.78, 5) is 32.2. The molecule has 2 aromatic heterocycles. The van der Waals surface area contributed by atoms with Gasteiger partial charge >= 0.3 is 0 Å². The van der Waals surface area contributed by atoms with Crippen LogP contribution >= 0.6 is 0 Å². The Labute approximate surface area is 209 Å². The molecule has 186 valence electrons. The number of anilines is 1. The summed E-state index contributed by atoms with van der Waals surface area (Å²) in [5.74, 6) is -0.438. The van der Waals surface area contributed by atoms with Crippen LogP contribution in [0, 0.1) is 12.7 Å². The van der Waals surface area contributed by atoms with Gasteiger partial charge in [0.15, 0.2) is 6.04 Å². The van der Waals surface area contributed by atoms with Crippen molar-refractivity contribution in [3.63, 3.8) is 0 Å². The van der Waals surface area contributed by atoms with E-state index in [0.717, 1.165) is 48.6 Å². The fraction of sp³-hybridized carbons (Fsp3) is 0.310. The highest BCUT2D eigenvalue weighted by atomic mass is 19.1. The molecule has 2 N–H and O–H groups in total. The van der Waals surface area contributed by atoms with Crippen LogP contribution < -0.4 is 10.2 Å². The van der Waals surface area contributed by atoms with Crippen molar-refractivity contribution in [1.82, 2.24) is 10.3 Å². The van der Waals surface area contributed by atoms with Crippen LogP contribution in [0.3, 0.4) is 0 Å². The minimum atomic E-state index is -1.14. The first-order valence-electron chi connectivity index (χ1n) is 12.5. The van der Waals surface area contributed by atoms with Crippen molar-refractivity contribution in [3.05, 3.63) is 89.8 Å². The largest absolute Gasteiger partial charge is 0.464 e. The molecule has 0 saturated heterocycles. The van der Waals surface area contributed by atoms with Gasteiger partial charge in [-0.2, -0.15) is 0 Å². The Morgan fingerprint density at radius 2 is 1.81 bits per heavy atom. The van der Waals surface area contributed by atoms with E-state index in [2.05, 4.69) is 10.3 Å². The van der Waals surface area contributed by atoms with E-state index in [0.29, 0.717) is 11.5 Å². The number of aromatic nitrogens is 1. The van der Waals surface area contributed by atoms with Crippen LogP contribution in [0.4, 0.5) is 10.1 Å². The van der Waals surface area contributed by atoms with Gasteiger partial charge in [-0.25, -0.2) is 4.39 Å². The molecule has 36 heavy (non-hydrogen) atoms. The number of aryl methyl sites for hydroxylation is 1. The summed E-state index contributed by atoms with van der Waals surface area (Å²) in [6.45, 7) is 1.78. The Kier molecular flexibility index (Phi) is 6.89. The lowest BCUT2D eigenvalue weighted by atomic mass is 9.95. The van der Waals surface area contributed by atoms with Crippen molar-refractivity contribution in [1.29, 1.82) is 0 Å². The Hall–Kier alpha value is -3.87. The van der Waals surface area contributed by atoms with Crippen LogP contribution in [-0.2, 0) is 16.0 Å². The molecule has 5 rings (SSSR count). The minimum absolute atomic E-state index is 0.00868. The average molecular weight is 488 g/mol. The predicted molar refractivity (Wildman–Crippen MR) is 137 cm³/mol. The standard InChI is InChI=1S/C29H30FN3O3/c1-19-15-16-26(36-19)28(29(35)32-21-9-3-2-4-10-21)33(25-14-8-6-12-23(25)30)27(34)17-20-18-31-24-13-7-5-11-22(20)24/h5-8,11-16,18,21,28,31H,2-4,9-10,17H2,1H3,(H,32,35)/t28-/m1/s1. The number of aromatic amines is 1. The molecule has 2 heterocycles. The van der Waals surface area contributed by atoms with Gasteiger partial charge in [-0.15, -0.1) is 0 Å². The molecule has 1 saturated carbocycles. The molecule has 7 heteroatoms. The molecule has 1 aliphatic rings. The summed E-state index contributed by atoms with van der Waals surface area (Å²) in [5.41, 5.74) is 1.73. The molecule has 1 aliphatic carbocycles. The Bertz CT molecular complexity index is 1370. The number of amides is 2. The van der Waals surface area contributed by atoms with E-state index in [1.54, 1.807) is 37.4 Å². The first-order valence-corrected chi connectivity index (χ1v) is 12.5. The number of para-hydroxylation sites is 2. The van der Waals surface area contributed by atoms with Crippen LogP contribution in [0.2, 0.25) is 0 Å². The van der Waals surface area contributed by atoms with Crippen LogP contribution in [0.5, 0.6) is 0 Å². The highest BCUT2D eigenvalue weighted by Crippen LogP contribution is 2.33. The van der Waals surface area contributed by atoms with Gasteiger partial charge in [0.2, 0.25) is 5.91 Å². The maximum absolute atomic E-state index is 15.2. The van der Waals surface area contributed by atoms with E-state index in [1.807, 2.05) is 24.3 Å². The number of nitrogens with one attached hydrogen (secondary N) is 2. The predicted octanol–water partition coefficient (Wildman–Crippen LogP) is 5.97. The Balaban J connectivity index is 1.55. The lowest BCUT2D eigenvalue weighted by Crippen LogP contribution is -2.48. The van der Waals surface area contributed by atoms with Gasteiger partial charge in [0.25, 0.3) is 5.91 Å². The van der Waals surface area contributed by atoms with Gasteiger partial charge in [-0.3, -0.25) is 14.5 Å². The van der Waals surface area contributed by atoms with E-state index in [4.69, 9.17) is 4.42 Å². The van der Waals surface area contributed by atoms with Gasteiger partial charge in [-0.1, -0.05) is 49.6 Å². The molecule has 1 fully saturated rings. The smallest absolute Gasteiger partial charge is 0.251 e. The van der Waals surface area contributed by atoms with Crippen LogP contribution in [-0.4, -0.2) is 22.8 Å².